The summed E-state index contributed by atoms with van der Waals surface area (Å²) < 4.78 is 0. The van der Waals surface area contributed by atoms with E-state index in [1.165, 1.54) is 0 Å². The summed E-state index contributed by atoms with van der Waals surface area (Å²) in [5.74, 6) is 0.752. The van der Waals surface area contributed by atoms with Gasteiger partial charge in [0.05, 0.1) is 17.2 Å². The summed E-state index contributed by atoms with van der Waals surface area (Å²) >= 11 is 5.16. The number of rotatable bonds is 3. The van der Waals surface area contributed by atoms with E-state index in [4.69, 9.17) is 18.0 Å². The van der Waals surface area contributed by atoms with E-state index in [0.717, 1.165) is 48.0 Å². The van der Waals surface area contributed by atoms with E-state index in [0.29, 0.717) is 11.0 Å². The average molecular weight is 301 g/mol. The highest BCUT2D eigenvalue weighted by Crippen LogP contribution is 2.25. The molecule has 1 heterocycles. The van der Waals surface area contributed by atoms with E-state index in [-0.39, 0.29) is 6.10 Å². The lowest BCUT2D eigenvalue weighted by Gasteiger charge is -2.27. The van der Waals surface area contributed by atoms with Crippen LogP contribution < -0.4 is 11.1 Å². The number of aromatic nitrogens is 1. The fraction of sp³-hybridized carbons (Fsp3) is 0.375. The fourth-order valence-electron chi connectivity index (χ4n) is 2.83. The van der Waals surface area contributed by atoms with Gasteiger partial charge in [0.1, 0.15) is 10.8 Å². The Kier molecular flexibility index (Phi) is 4.03. The van der Waals surface area contributed by atoms with Crippen molar-refractivity contribution in [2.45, 2.75) is 37.8 Å². The molecule has 21 heavy (non-hydrogen) atoms. The zero-order valence-corrected chi connectivity index (χ0v) is 12.6. The number of thiocarbonyl (C=S) groups is 1. The van der Waals surface area contributed by atoms with Crippen LogP contribution in [0.3, 0.4) is 0 Å². The minimum Gasteiger partial charge on any atom is -0.393 e. The molecule has 1 aromatic heterocycles. The topological polar surface area (TPSA) is 71.2 Å². The normalized spacial score (nSPS) is 22.1. The molecule has 0 atom stereocenters. The van der Waals surface area contributed by atoms with Crippen molar-refractivity contribution in [1.29, 1.82) is 0 Å². The Labute approximate surface area is 129 Å². The molecule has 0 radical (unpaired) electrons. The van der Waals surface area contributed by atoms with Crippen LogP contribution in [0.15, 0.2) is 30.3 Å². The first-order valence-corrected chi connectivity index (χ1v) is 7.68. The summed E-state index contributed by atoms with van der Waals surface area (Å²) in [6.45, 7) is 0. The number of aliphatic hydroxyl groups excluding tert-OH is 1. The molecule has 0 spiro atoms. The summed E-state index contributed by atoms with van der Waals surface area (Å²) in [6.07, 6.45) is 3.36. The van der Waals surface area contributed by atoms with Crippen molar-refractivity contribution < 1.29 is 5.11 Å². The van der Waals surface area contributed by atoms with E-state index in [9.17, 15) is 5.11 Å². The van der Waals surface area contributed by atoms with Gasteiger partial charge in [0.25, 0.3) is 0 Å². The number of pyridine rings is 1. The molecule has 4 N–H and O–H groups in total. The molecule has 1 aromatic carbocycles. The van der Waals surface area contributed by atoms with Crippen LogP contribution in [-0.4, -0.2) is 27.2 Å². The summed E-state index contributed by atoms with van der Waals surface area (Å²) in [4.78, 5) is 5.02. The number of nitrogens with zero attached hydrogens (tertiary/aromatic N) is 1. The average Bonchev–Trinajstić information content (AvgIpc) is 2.48. The fourth-order valence-corrected chi connectivity index (χ4v) is 2.98. The summed E-state index contributed by atoms with van der Waals surface area (Å²) in [5.41, 5.74) is 7.56. The van der Waals surface area contributed by atoms with Gasteiger partial charge in [0.15, 0.2) is 0 Å². The largest absolute Gasteiger partial charge is 0.393 e. The molecular weight excluding hydrogens is 282 g/mol. The van der Waals surface area contributed by atoms with Crippen LogP contribution in [0.5, 0.6) is 0 Å². The first-order chi connectivity index (χ1) is 10.1. The molecule has 0 aliphatic heterocycles. The van der Waals surface area contributed by atoms with Gasteiger partial charge in [-0.05, 0) is 37.8 Å². The second kappa shape index (κ2) is 5.95. The molecule has 0 saturated heterocycles. The quantitative estimate of drug-likeness (QED) is 0.760. The standard InChI is InChI=1S/C16H19N3OS/c17-15(21)13-9-10-3-1-2-4-14(10)19-16(13)18-11-5-7-12(20)8-6-11/h1-4,9,11-12,20H,5-8H2,(H2,17,21)(H,18,19). The van der Waals surface area contributed by atoms with E-state index in [2.05, 4.69) is 10.3 Å². The summed E-state index contributed by atoms with van der Waals surface area (Å²) in [7, 11) is 0. The van der Waals surface area contributed by atoms with Crippen LogP contribution in [0.1, 0.15) is 31.2 Å². The number of aliphatic hydroxyl groups is 1. The summed E-state index contributed by atoms with van der Waals surface area (Å²) in [5, 5.41) is 14.1. The first kappa shape index (κ1) is 14.2. The van der Waals surface area contributed by atoms with Gasteiger partial charge in [0, 0.05) is 11.4 Å². The lowest BCUT2D eigenvalue weighted by Crippen LogP contribution is -2.29. The number of anilines is 1. The molecular formula is C16H19N3OS. The van der Waals surface area contributed by atoms with Crippen molar-refractivity contribution in [2.24, 2.45) is 5.73 Å². The molecule has 1 fully saturated rings. The minimum atomic E-state index is -0.164. The van der Waals surface area contributed by atoms with E-state index in [1.807, 2.05) is 30.3 Å². The summed E-state index contributed by atoms with van der Waals surface area (Å²) in [6, 6.07) is 10.2. The van der Waals surface area contributed by atoms with E-state index >= 15 is 0 Å². The third kappa shape index (κ3) is 3.14. The maximum Gasteiger partial charge on any atom is 0.137 e. The lowest BCUT2D eigenvalue weighted by atomic mass is 9.93. The van der Waals surface area contributed by atoms with Crippen molar-refractivity contribution in [3.8, 4) is 0 Å². The Morgan fingerprint density at radius 2 is 1.95 bits per heavy atom. The predicted molar refractivity (Wildman–Crippen MR) is 89.5 cm³/mol. The molecule has 0 amide bonds. The highest BCUT2D eigenvalue weighted by atomic mass is 32.1. The van der Waals surface area contributed by atoms with Crippen LogP contribution >= 0.6 is 12.2 Å². The lowest BCUT2D eigenvalue weighted by molar-refractivity contribution is 0.126. The smallest absolute Gasteiger partial charge is 0.137 e. The molecule has 0 unspecified atom stereocenters. The van der Waals surface area contributed by atoms with Gasteiger partial charge in [-0.2, -0.15) is 0 Å². The Hall–Kier alpha value is -1.72. The van der Waals surface area contributed by atoms with Crippen molar-refractivity contribution in [1.82, 2.24) is 4.98 Å². The third-order valence-electron chi connectivity index (χ3n) is 4.03. The van der Waals surface area contributed by atoms with Gasteiger partial charge >= 0.3 is 0 Å². The molecule has 0 bridgehead atoms. The highest BCUT2D eigenvalue weighted by Gasteiger charge is 2.21. The Bertz CT molecular complexity index is 666. The van der Waals surface area contributed by atoms with Gasteiger partial charge in [-0.25, -0.2) is 4.98 Å². The third-order valence-corrected chi connectivity index (χ3v) is 4.25. The maximum atomic E-state index is 9.59. The van der Waals surface area contributed by atoms with Crippen molar-refractivity contribution in [3.63, 3.8) is 0 Å². The highest BCUT2D eigenvalue weighted by molar-refractivity contribution is 7.80. The van der Waals surface area contributed by atoms with Gasteiger partial charge in [-0.15, -0.1) is 0 Å². The predicted octanol–water partition coefficient (Wildman–Crippen LogP) is 2.58. The maximum absolute atomic E-state index is 9.59. The van der Waals surface area contributed by atoms with Gasteiger partial charge < -0.3 is 16.2 Å². The number of para-hydroxylation sites is 1. The molecule has 3 rings (SSSR count). The Balaban J connectivity index is 1.92. The van der Waals surface area contributed by atoms with Crippen LogP contribution in [0.2, 0.25) is 0 Å². The number of nitrogens with two attached hydrogens (primary N) is 1. The minimum absolute atomic E-state index is 0.164. The van der Waals surface area contributed by atoms with Crippen LogP contribution in [-0.2, 0) is 0 Å². The van der Waals surface area contributed by atoms with Crippen LogP contribution in [0.4, 0.5) is 5.82 Å². The van der Waals surface area contributed by atoms with Crippen LogP contribution in [0.25, 0.3) is 10.9 Å². The van der Waals surface area contributed by atoms with Gasteiger partial charge in [-0.3, -0.25) is 0 Å². The van der Waals surface area contributed by atoms with Crippen molar-refractivity contribution in [2.75, 3.05) is 5.32 Å². The Morgan fingerprint density at radius 1 is 1.24 bits per heavy atom. The first-order valence-electron chi connectivity index (χ1n) is 7.27. The molecule has 4 nitrogen and oxygen atoms in total. The molecule has 5 heteroatoms. The molecule has 1 aliphatic carbocycles. The molecule has 1 saturated carbocycles. The number of nitrogens with one attached hydrogen (secondary N) is 1. The van der Waals surface area contributed by atoms with Gasteiger partial charge in [0.2, 0.25) is 0 Å². The Morgan fingerprint density at radius 3 is 2.67 bits per heavy atom. The van der Waals surface area contributed by atoms with Gasteiger partial charge in [-0.1, -0.05) is 30.4 Å². The van der Waals surface area contributed by atoms with Crippen LogP contribution in [0, 0.1) is 0 Å². The second-order valence-corrected chi connectivity index (χ2v) is 6.03. The number of benzene rings is 1. The molecule has 1 aliphatic rings. The second-order valence-electron chi connectivity index (χ2n) is 5.59. The molecule has 2 aromatic rings. The number of fused-ring (bicyclic) bond motifs is 1. The monoisotopic (exact) mass is 301 g/mol. The zero-order valence-electron chi connectivity index (χ0n) is 11.7. The number of hydrogen-bond acceptors (Lipinski definition) is 4. The van der Waals surface area contributed by atoms with Crippen molar-refractivity contribution in [3.05, 3.63) is 35.9 Å². The van der Waals surface area contributed by atoms with E-state index in [1.54, 1.807) is 0 Å². The number of hydrogen-bond donors (Lipinski definition) is 3. The van der Waals surface area contributed by atoms with E-state index < -0.39 is 0 Å². The molecule has 110 valence electrons. The van der Waals surface area contributed by atoms with Crippen molar-refractivity contribution >= 4 is 33.9 Å². The zero-order chi connectivity index (χ0) is 14.8. The SMILES string of the molecule is NC(=S)c1cc2ccccc2nc1NC1CCC(O)CC1.